The Bertz CT molecular complexity index is 242. The third-order valence-corrected chi connectivity index (χ3v) is 1.04. The smallest absolute Gasteiger partial charge is 0.156 e. The zero-order chi connectivity index (χ0) is 7.56. The monoisotopic (exact) mass is 141 g/mol. The van der Waals surface area contributed by atoms with Crippen molar-refractivity contribution in [2.24, 2.45) is 0 Å². The van der Waals surface area contributed by atoms with E-state index in [9.17, 15) is 9.18 Å². The number of carbonyl (C=O) groups is 1. The summed E-state index contributed by atoms with van der Waals surface area (Å²) in [6, 6.07) is 0. The number of aldehydes is 1. The third kappa shape index (κ3) is 0.953. The average Bonchev–Trinajstić information content (AvgIpc) is 1.88. The topological polar surface area (TPSA) is 50.2 Å². The summed E-state index contributed by atoms with van der Waals surface area (Å²) in [5.41, 5.74) is -0.352. The van der Waals surface area contributed by atoms with Gasteiger partial charge in [0, 0.05) is 0 Å². The molecular formula is C6H4FNO2. The van der Waals surface area contributed by atoms with E-state index < -0.39 is 11.6 Å². The molecule has 0 aromatic carbocycles. The summed E-state index contributed by atoms with van der Waals surface area (Å²) in [5.74, 6) is -1.25. The van der Waals surface area contributed by atoms with Gasteiger partial charge in [-0.05, 0) is 0 Å². The molecule has 4 heteroatoms. The van der Waals surface area contributed by atoms with Crippen molar-refractivity contribution in [3.8, 4) is 5.75 Å². The molecule has 0 amide bonds. The zero-order valence-corrected chi connectivity index (χ0v) is 4.91. The minimum absolute atomic E-state index is 0.242. The number of carbonyl (C=O) groups excluding carboxylic acids is 1. The average molecular weight is 141 g/mol. The Labute approximate surface area is 56.1 Å². The van der Waals surface area contributed by atoms with Gasteiger partial charge in [-0.2, -0.15) is 0 Å². The molecule has 0 aliphatic carbocycles. The normalized spacial score (nSPS) is 9.30. The van der Waals surface area contributed by atoms with E-state index in [1.807, 2.05) is 0 Å². The number of aromatic hydroxyl groups is 1. The van der Waals surface area contributed by atoms with Gasteiger partial charge in [0.15, 0.2) is 12.1 Å². The fourth-order valence-corrected chi connectivity index (χ4v) is 0.551. The van der Waals surface area contributed by atoms with Gasteiger partial charge in [0.1, 0.15) is 5.75 Å². The Balaban J connectivity index is 3.30. The van der Waals surface area contributed by atoms with Crippen molar-refractivity contribution >= 4 is 6.29 Å². The fourth-order valence-electron chi connectivity index (χ4n) is 0.551. The molecule has 1 heterocycles. The van der Waals surface area contributed by atoms with Crippen molar-refractivity contribution in [1.82, 2.24) is 4.98 Å². The summed E-state index contributed by atoms with van der Waals surface area (Å²) in [5, 5.41) is 8.76. The summed E-state index contributed by atoms with van der Waals surface area (Å²) < 4.78 is 12.4. The van der Waals surface area contributed by atoms with E-state index in [2.05, 4.69) is 4.98 Å². The molecule has 0 spiro atoms. The first-order valence-electron chi connectivity index (χ1n) is 2.53. The van der Waals surface area contributed by atoms with Crippen LogP contribution in [0.2, 0.25) is 0 Å². The summed E-state index contributed by atoms with van der Waals surface area (Å²) in [7, 11) is 0. The molecule has 0 unspecified atom stereocenters. The van der Waals surface area contributed by atoms with Gasteiger partial charge < -0.3 is 5.11 Å². The molecule has 1 aromatic heterocycles. The van der Waals surface area contributed by atoms with E-state index in [0.717, 1.165) is 12.4 Å². The van der Waals surface area contributed by atoms with Crippen molar-refractivity contribution < 1.29 is 14.3 Å². The number of rotatable bonds is 1. The van der Waals surface area contributed by atoms with E-state index in [1.54, 1.807) is 0 Å². The highest BCUT2D eigenvalue weighted by Gasteiger charge is 2.05. The molecule has 0 radical (unpaired) electrons. The molecule has 1 aromatic rings. The maximum atomic E-state index is 12.4. The first kappa shape index (κ1) is 6.67. The Morgan fingerprint density at radius 1 is 1.60 bits per heavy atom. The predicted octanol–water partition coefficient (Wildman–Crippen LogP) is 0.739. The maximum Gasteiger partial charge on any atom is 0.156 e. The highest BCUT2D eigenvalue weighted by atomic mass is 19.1. The predicted molar refractivity (Wildman–Crippen MR) is 31.2 cm³/mol. The van der Waals surface area contributed by atoms with Gasteiger partial charge in [-0.15, -0.1) is 0 Å². The zero-order valence-electron chi connectivity index (χ0n) is 4.91. The van der Waals surface area contributed by atoms with Crippen molar-refractivity contribution in [1.29, 1.82) is 0 Å². The first-order valence-corrected chi connectivity index (χ1v) is 2.53. The summed E-state index contributed by atoms with van der Waals surface area (Å²) >= 11 is 0. The van der Waals surface area contributed by atoms with Crippen molar-refractivity contribution in [2.45, 2.75) is 0 Å². The standard InChI is InChI=1S/C6H4FNO2/c7-5-1-8-2-6(10)4(5)3-9/h1-3,10H. The molecule has 1 N–H and O–H groups in total. The van der Waals surface area contributed by atoms with E-state index in [-0.39, 0.29) is 11.8 Å². The number of pyridine rings is 1. The Morgan fingerprint density at radius 2 is 2.30 bits per heavy atom. The second-order valence-corrected chi connectivity index (χ2v) is 1.67. The van der Waals surface area contributed by atoms with Gasteiger partial charge in [-0.25, -0.2) is 4.39 Å². The highest BCUT2D eigenvalue weighted by Crippen LogP contribution is 2.14. The molecule has 1 rings (SSSR count). The highest BCUT2D eigenvalue weighted by molar-refractivity contribution is 5.78. The molecule has 0 aliphatic heterocycles. The van der Waals surface area contributed by atoms with Crippen LogP contribution in [0.3, 0.4) is 0 Å². The second kappa shape index (κ2) is 2.43. The lowest BCUT2D eigenvalue weighted by atomic mass is 10.2. The Morgan fingerprint density at radius 3 is 2.70 bits per heavy atom. The van der Waals surface area contributed by atoms with Gasteiger partial charge >= 0.3 is 0 Å². The van der Waals surface area contributed by atoms with Crippen LogP contribution in [0.1, 0.15) is 10.4 Å². The molecule has 10 heavy (non-hydrogen) atoms. The molecule has 0 saturated heterocycles. The molecule has 3 nitrogen and oxygen atoms in total. The third-order valence-electron chi connectivity index (χ3n) is 1.04. The number of hydrogen-bond acceptors (Lipinski definition) is 3. The van der Waals surface area contributed by atoms with Crippen molar-refractivity contribution in [3.05, 3.63) is 23.8 Å². The first-order chi connectivity index (χ1) is 4.75. The lowest BCUT2D eigenvalue weighted by Crippen LogP contribution is -1.88. The van der Waals surface area contributed by atoms with Crippen LogP contribution in [0.25, 0.3) is 0 Å². The summed E-state index contributed by atoms with van der Waals surface area (Å²) in [4.78, 5) is 13.3. The maximum absolute atomic E-state index is 12.4. The van der Waals surface area contributed by atoms with E-state index in [4.69, 9.17) is 5.11 Å². The minimum atomic E-state index is -0.810. The van der Waals surface area contributed by atoms with Crippen molar-refractivity contribution in [3.63, 3.8) is 0 Å². The molecule has 52 valence electrons. The van der Waals surface area contributed by atoms with Crippen LogP contribution in [0, 0.1) is 5.82 Å². The van der Waals surface area contributed by atoms with Gasteiger partial charge in [0.25, 0.3) is 0 Å². The van der Waals surface area contributed by atoms with Crippen LogP contribution in [0.5, 0.6) is 5.75 Å². The van der Waals surface area contributed by atoms with E-state index in [0.29, 0.717) is 0 Å². The van der Waals surface area contributed by atoms with Gasteiger partial charge in [-0.3, -0.25) is 9.78 Å². The molecule has 0 bridgehead atoms. The largest absolute Gasteiger partial charge is 0.505 e. The van der Waals surface area contributed by atoms with Gasteiger partial charge in [0.2, 0.25) is 0 Å². The van der Waals surface area contributed by atoms with Gasteiger partial charge in [0.05, 0.1) is 18.0 Å². The van der Waals surface area contributed by atoms with Gasteiger partial charge in [-0.1, -0.05) is 0 Å². The van der Waals surface area contributed by atoms with Crippen LogP contribution in [-0.4, -0.2) is 16.4 Å². The molecule has 0 atom stereocenters. The number of aromatic nitrogens is 1. The lowest BCUT2D eigenvalue weighted by Gasteiger charge is -1.94. The summed E-state index contributed by atoms with van der Waals surface area (Å²) in [6.07, 6.45) is 2.11. The quantitative estimate of drug-likeness (QED) is 0.587. The molecule has 0 fully saturated rings. The van der Waals surface area contributed by atoms with Crippen LogP contribution in [0.15, 0.2) is 12.4 Å². The summed E-state index contributed by atoms with van der Waals surface area (Å²) in [6.45, 7) is 0. The number of halogens is 1. The minimum Gasteiger partial charge on any atom is -0.505 e. The Kier molecular flexibility index (Phi) is 1.62. The van der Waals surface area contributed by atoms with E-state index in [1.165, 1.54) is 0 Å². The molecule has 0 aliphatic rings. The number of nitrogens with zero attached hydrogens (tertiary/aromatic N) is 1. The number of hydrogen-bond donors (Lipinski definition) is 1. The van der Waals surface area contributed by atoms with Crippen molar-refractivity contribution in [2.75, 3.05) is 0 Å². The van der Waals surface area contributed by atoms with Crippen LogP contribution >= 0.6 is 0 Å². The van der Waals surface area contributed by atoms with Crippen LogP contribution in [-0.2, 0) is 0 Å². The second-order valence-electron chi connectivity index (χ2n) is 1.67. The van der Waals surface area contributed by atoms with Crippen LogP contribution < -0.4 is 0 Å². The fraction of sp³-hybridized carbons (Fsp3) is 0. The Hall–Kier alpha value is -1.45. The molecule has 0 saturated carbocycles. The SMILES string of the molecule is O=Cc1c(O)cncc1F. The molecular weight excluding hydrogens is 137 g/mol. The van der Waals surface area contributed by atoms with Crippen LogP contribution in [0.4, 0.5) is 4.39 Å². The van der Waals surface area contributed by atoms with E-state index >= 15 is 0 Å². The lowest BCUT2D eigenvalue weighted by molar-refractivity contribution is 0.111.